The topological polar surface area (TPSA) is 38.9 Å². The first-order valence-electron chi connectivity index (χ1n) is 5.55. The van der Waals surface area contributed by atoms with Crippen molar-refractivity contribution in [3.8, 4) is 11.3 Å². The van der Waals surface area contributed by atoms with Gasteiger partial charge in [0.25, 0.3) is 0 Å². The largest absolute Gasteiger partial charge is 0.416 e. The fourth-order valence-electron chi connectivity index (χ4n) is 1.64. The van der Waals surface area contributed by atoms with E-state index in [1.165, 1.54) is 5.38 Å². The summed E-state index contributed by atoms with van der Waals surface area (Å²) >= 11 is 1.07. The van der Waals surface area contributed by atoms with Gasteiger partial charge in [-0.25, -0.2) is 4.98 Å². The monoisotopic (exact) mass is 326 g/mol. The van der Waals surface area contributed by atoms with Crippen molar-refractivity contribution in [3.63, 3.8) is 0 Å². The molecule has 0 unspecified atom stereocenters. The average Bonchev–Trinajstić information content (AvgIpc) is 2.85. The van der Waals surface area contributed by atoms with Crippen LogP contribution in [0.25, 0.3) is 11.3 Å². The molecule has 0 aliphatic rings. The van der Waals surface area contributed by atoms with Gasteiger partial charge in [0, 0.05) is 17.5 Å². The predicted octanol–water partition coefficient (Wildman–Crippen LogP) is 4.31. The van der Waals surface area contributed by atoms with Crippen molar-refractivity contribution in [1.29, 1.82) is 0 Å². The second kappa shape index (κ2) is 5.30. The minimum Gasteiger partial charge on any atom is -0.325 e. The van der Waals surface area contributed by atoms with E-state index in [2.05, 4.69) is 4.98 Å². The molecular formula is C12H8F6N2S. The first kappa shape index (κ1) is 15.8. The molecule has 0 atom stereocenters. The zero-order chi connectivity index (χ0) is 15.8. The average molecular weight is 326 g/mol. The Morgan fingerprint density at radius 1 is 0.952 bits per heavy atom. The van der Waals surface area contributed by atoms with Gasteiger partial charge in [0.1, 0.15) is 5.01 Å². The third kappa shape index (κ3) is 3.53. The molecule has 21 heavy (non-hydrogen) atoms. The van der Waals surface area contributed by atoms with Crippen LogP contribution in [-0.2, 0) is 18.9 Å². The number of nitrogens with zero attached hydrogens (tertiary/aromatic N) is 1. The molecule has 1 aromatic carbocycles. The number of hydrogen-bond donors (Lipinski definition) is 1. The van der Waals surface area contributed by atoms with Crippen LogP contribution in [0.15, 0.2) is 23.6 Å². The Bertz CT molecular complexity index is 612. The van der Waals surface area contributed by atoms with E-state index < -0.39 is 23.5 Å². The summed E-state index contributed by atoms with van der Waals surface area (Å²) in [5.41, 5.74) is 2.39. The van der Waals surface area contributed by atoms with Gasteiger partial charge in [-0.05, 0) is 18.2 Å². The molecule has 0 bridgehead atoms. The van der Waals surface area contributed by atoms with Gasteiger partial charge in [-0.2, -0.15) is 26.3 Å². The Hall–Kier alpha value is -1.61. The first-order chi connectivity index (χ1) is 9.61. The molecule has 2 nitrogen and oxygen atoms in total. The zero-order valence-corrected chi connectivity index (χ0v) is 11.0. The molecule has 0 saturated heterocycles. The summed E-state index contributed by atoms with van der Waals surface area (Å²) in [4.78, 5) is 3.90. The van der Waals surface area contributed by atoms with E-state index in [-0.39, 0.29) is 23.9 Å². The highest BCUT2D eigenvalue weighted by molar-refractivity contribution is 7.09. The maximum absolute atomic E-state index is 12.7. The highest BCUT2D eigenvalue weighted by Crippen LogP contribution is 2.38. The third-order valence-electron chi connectivity index (χ3n) is 2.61. The van der Waals surface area contributed by atoms with Crippen molar-refractivity contribution in [3.05, 3.63) is 39.7 Å². The number of alkyl halides is 6. The maximum Gasteiger partial charge on any atom is 0.416 e. The SMILES string of the molecule is NCc1nc(-c2cc(C(F)(F)F)cc(C(F)(F)F)c2)cs1. The molecule has 1 heterocycles. The van der Waals surface area contributed by atoms with Gasteiger partial charge < -0.3 is 5.73 Å². The van der Waals surface area contributed by atoms with Crippen LogP contribution in [0.5, 0.6) is 0 Å². The van der Waals surface area contributed by atoms with Crippen molar-refractivity contribution >= 4 is 11.3 Å². The van der Waals surface area contributed by atoms with Gasteiger partial charge in [0.15, 0.2) is 0 Å². The van der Waals surface area contributed by atoms with E-state index in [0.717, 1.165) is 11.3 Å². The highest BCUT2D eigenvalue weighted by atomic mass is 32.1. The minimum absolute atomic E-state index is 0.0389. The van der Waals surface area contributed by atoms with Gasteiger partial charge >= 0.3 is 12.4 Å². The molecular weight excluding hydrogens is 318 g/mol. The van der Waals surface area contributed by atoms with E-state index >= 15 is 0 Å². The van der Waals surface area contributed by atoms with E-state index in [4.69, 9.17) is 5.73 Å². The summed E-state index contributed by atoms with van der Waals surface area (Å²) in [6.07, 6.45) is -9.74. The molecule has 0 aliphatic carbocycles. The van der Waals surface area contributed by atoms with Gasteiger partial charge in [-0.1, -0.05) is 0 Å². The Kier molecular flexibility index (Phi) is 3.98. The van der Waals surface area contributed by atoms with Crippen LogP contribution in [0.4, 0.5) is 26.3 Å². The Balaban J connectivity index is 2.60. The molecule has 0 spiro atoms. The van der Waals surface area contributed by atoms with Crippen molar-refractivity contribution in [1.82, 2.24) is 4.98 Å². The molecule has 9 heteroatoms. The lowest BCUT2D eigenvalue weighted by atomic mass is 10.0. The molecule has 1 aromatic heterocycles. The predicted molar refractivity (Wildman–Crippen MR) is 65.4 cm³/mol. The van der Waals surface area contributed by atoms with E-state index in [0.29, 0.717) is 17.1 Å². The lowest BCUT2D eigenvalue weighted by Crippen LogP contribution is -2.11. The summed E-state index contributed by atoms with van der Waals surface area (Å²) in [5.74, 6) is 0. The van der Waals surface area contributed by atoms with Crippen LogP contribution < -0.4 is 5.73 Å². The molecule has 0 amide bonds. The van der Waals surface area contributed by atoms with Crippen molar-refractivity contribution in [2.24, 2.45) is 5.73 Å². The van der Waals surface area contributed by atoms with Crippen LogP contribution in [0.3, 0.4) is 0 Å². The molecule has 2 rings (SSSR count). The standard InChI is InChI=1S/C12H8F6N2S/c13-11(14,15)7-1-6(2-8(3-7)12(16,17)18)9-5-21-10(4-19)20-9/h1-3,5H,4,19H2. The Morgan fingerprint density at radius 2 is 1.48 bits per heavy atom. The van der Waals surface area contributed by atoms with E-state index in [9.17, 15) is 26.3 Å². The number of hydrogen-bond acceptors (Lipinski definition) is 3. The number of benzene rings is 1. The molecule has 0 saturated carbocycles. The van der Waals surface area contributed by atoms with Crippen LogP contribution in [0.2, 0.25) is 0 Å². The summed E-state index contributed by atoms with van der Waals surface area (Å²) < 4.78 is 76.3. The lowest BCUT2D eigenvalue weighted by Gasteiger charge is -2.13. The first-order valence-corrected chi connectivity index (χ1v) is 6.43. The van der Waals surface area contributed by atoms with Gasteiger partial charge in [0.05, 0.1) is 16.8 Å². The molecule has 2 N–H and O–H groups in total. The smallest absolute Gasteiger partial charge is 0.325 e. The van der Waals surface area contributed by atoms with Gasteiger partial charge in [-0.15, -0.1) is 11.3 Å². The maximum atomic E-state index is 12.7. The van der Waals surface area contributed by atoms with Crippen LogP contribution in [0, 0.1) is 0 Å². The minimum atomic E-state index is -4.87. The summed E-state index contributed by atoms with van der Waals surface area (Å²) in [7, 11) is 0. The Labute approximate surface area is 119 Å². The fourth-order valence-corrected chi connectivity index (χ4v) is 2.32. The highest BCUT2D eigenvalue weighted by Gasteiger charge is 2.37. The number of aromatic nitrogens is 1. The second-order valence-corrected chi connectivity index (χ2v) is 5.07. The molecule has 0 aliphatic heterocycles. The molecule has 0 fully saturated rings. The summed E-state index contributed by atoms with van der Waals surface area (Å²) in [5, 5.41) is 1.80. The van der Waals surface area contributed by atoms with E-state index in [1.54, 1.807) is 0 Å². The summed E-state index contributed by atoms with van der Waals surface area (Å²) in [6, 6.07) is 1.37. The fraction of sp³-hybridized carbons (Fsp3) is 0.250. The van der Waals surface area contributed by atoms with Gasteiger partial charge in [0.2, 0.25) is 0 Å². The number of nitrogens with two attached hydrogens (primary N) is 1. The molecule has 114 valence electrons. The second-order valence-electron chi connectivity index (χ2n) is 4.13. The quantitative estimate of drug-likeness (QED) is 0.836. The number of rotatable bonds is 2. The third-order valence-corrected chi connectivity index (χ3v) is 3.48. The van der Waals surface area contributed by atoms with Crippen molar-refractivity contribution in [2.75, 3.05) is 0 Å². The number of thiazole rings is 1. The number of halogens is 6. The zero-order valence-electron chi connectivity index (χ0n) is 10.2. The van der Waals surface area contributed by atoms with Crippen molar-refractivity contribution in [2.45, 2.75) is 18.9 Å². The van der Waals surface area contributed by atoms with Crippen LogP contribution in [-0.4, -0.2) is 4.98 Å². The van der Waals surface area contributed by atoms with Gasteiger partial charge in [-0.3, -0.25) is 0 Å². The van der Waals surface area contributed by atoms with Crippen molar-refractivity contribution < 1.29 is 26.3 Å². The normalized spacial score (nSPS) is 12.7. The molecule has 2 aromatic rings. The van der Waals surface area contributed by atoms with Crippen LogP contribution in [0.1, 0.15) is 16.1 Å². The lowest BCUT2D eigenvalue weighted by molar-refractivity contribution is -0.143. The Morgan fingerprint density at radius 3 is 1.86 bits per heavy atom. The summed E-state index contributed by atoms with van der Waals surface area (Å²) in [6.45, 7) is 0.0652. The molecule has 0 radical (unpaired) electrons. The van der Waals surface area contributed by atoms with E-state index in [1.807, 2.05) is 0 Å². The van der Waals surface area contributed by atoms with Crippen LogP contribution >= 0.6 is 11.3 Å².